The van der Waals surface area contributed by atoms with Gasteiger partial charge >= 0.3 is 0 Å². The second kappa shape index (κ2) is 4.81. The molecule has 0 aliphatic carbocycles. The Morgan fingerprint density at radius 1 is 1.31 bits per heavy atom. The van der Waals surface area contributed by atoms with E-state index in [0.29, 0.717) is 6.04 Å². The summed E-state index contributed by atoms with van der Waals surface area (Å²) < 4.78 is 0. The highest BCUT2D eigenvalue weighted by Crippen LogP contribution is 2.25. The molecule has 3 atom stereocenters. The van der Waals surface area contributed by atoms with Crippen molar-refractivity contribution in [1.29, 1.82) is 0 Å². The van der Waals surface area contributed by atoms with Crippen LogP contribution in [-0.4, -0.2) is 28.7 Å². The van der Waals surface area contributed by atoms with Crippen molar-refractivity contribution >= 4 is 0 Å². The van der Waals surface area contributed by atoms with Crippen LogP contribution in [0.2, 0.25) is 0 Å². The van der Waals surface area contributed by atoms with Crippen LogP contribution >= 0.6 is 0 Å². The first-order valence-corrected chi connectivity index (χ1v) is 5.85. The first-order chi connectivity index (χ1) is 7.70. The van der Waals surface area contributed by atoms with Crippen LogP contribution in [0.3, 0.4) is 0 Å². The van der Waals surface area contributed by atoms with Crippen molar-refractivity contribution < 1.29 is 5.11 Å². The Balaban J connectivity index is 2.16. The Kier molecular flexibility index (Phi) is 3.42. The van der Waals surface area contributed by atoms with E-state index in [0.717, 1.165) is 6.54 Å². The van der Waals surface area contributed by atoms with Crippen molar-refractivity contribution in [1.82, 2.24) is 4.90 Å². The first-order valence-electron chi connectivity index (χ1n) is 5.85. The number of nitrogens with zero attached hydrogens (tertiary/aromatic N) is 1. The van der Waals surface area contributed by atoms with E-state index in [1.54, 1.807) is 0 Å². The maximum atomic E-state index is 9.82. The molecule has 0 unspecified atom stereocenters. The summed E-state index contributed by atoms with van der Waals surface area (Å²) in [5, 5.41) is 9.82. The summed E-state index contributed by atoms with van der Waals surface area (Å²) in [5.41, 5.74) is 1.30. The molecule has 0 fully saturated rings. The summed E-state index contributed by atoms with van der Waals surface area (Å²) >= 11 is 0. The SMILES string of the molecule is C[C@H](c1ccccc1)N1CC=C[C@H](O)[C@@H]1C. The zero-order valence-electron chi connectivity index (χ0n) is 9.88. The fraction of sp³-hybridized carbons (Fsp3) is 0.429. The van der Waals surface area contributed by atoms with E-state index in [1.807, 2.05) is 18.2 Å². The molecule has 0 radical (unpaired) electrons. The predicted octanol–water partition coefficient (Wildman–Crippen LogP) is 2.37. The topological polar surface area (TPSA) is 23.5 Å². The van der Waals surface area contributed by atoms with Gasteiger partial charge < -0.3 is 5.11 Å². The van der Waals surface area contributed by atoms with Crippen LogP contribution in [-0.2, 0) is 0 Å². The highest BCUT2D eigenvalue weighted by Gasteiger charge is 2.26. The molecule has 1 aliphatic rings. The van der Waals surface area contributed by atoms with Crippen molar-refractivity contribution in [2.24, 2.45) is 0 Å². The number of aliphatic hydroxyl groups excluding tert-OH is 1. The van der Waals surface area contributed by atoms with E-state index in [4.69, 9.17) is 0 Å². The Bertz CT molecular complexity index is 360. The lowest BCUT2D eigenvalue weighted by atomic mass is 10.0. The minimum atomic E-state index is -0.347. The summed E-state index contributed by atoms with van der Waals surface area (Å²) in [6.45, 7) is 5.18. The van der Waals surface area contributed by atoms with Crippen molar-refractivity contribution in [2.45, 2.75) is 32.0 Å². The quantitative estimate of drug-likeness (QED) is 0.769. The first kappa shape index (κ1) is 11.4. The summed E-state index contributed by atoms with van der Waals surface area (Å²) in [4.78, 5) is 2.32. The third kappa shape index (κ3) is 2.18. The van der Waals surface area contributed by atoms with Gasteiger partial charge in [0.05, 0.1) is 6.10 Å². The standard InChI is InChI=1S/C14H19NO/c1-11(13-7-4-3-5-8-13)15-10-6-9-14(16)12(15)2/h3-9,11-12,14,16H,10H2,1-2H3/t11-,12+,14+/m1/s1. The van der Waals surface area contributed by atoms with Gasteiger partial charge in [0.25, 0.3) is 0 Å². The van der Waals surface area contributed by atoms with E-state index in [9.17, 15) is 5.11 Å². The normalized spacial score (nSPS) is 27.9. The van der Waals surface area contributed by atoms with Crippen LogP contribution < -0.4 is 0 Å². The molecule has 0 saturated carbocycles. The molecule has 0 spiro atoms. The second-order valence-corrected chi connectivity index (χ2v) is 4.44. The molecule has 0 amide bonds. The van der Waals surface area contributed by atoms with Crippen LogP contribution in [0.15, 0.2) is 42.5 Å². The van der Waals surface area contributed by atoms with Gasteiger partial charge in [-0.3, -0.25) is 4.90 Å². The summed E-state index contributed by atoms with van der Waals surface area (Å²) in [6.07, 6.45) is 3.59. The van der Waals surface area contributed by atoms with Gasteiger partial charge in [-0.15, -0.1) is 0 Å². The lowest BCUT2D eigenvalue weighted by molar-refractivity contribution is 0.0613. The van der Waals surface area contributed by atoms with Gasteiger partial charge in [0.15, 0.2) is 0 Å². The van der Waals surface area contributed by atoms with Gasteiger partial charge in [0.2, 0.25) is 0 Å². The maximum Gasteiger partial charge on any atom is 0.0874 e. The molecule has 0 aromatic heterocycles. The highest BCUT2D eigenvalue weighted by atomic mass is 16.3. The number of hydrogen-bond acceptors (Lipinski definition) is 2. The van der Waals surface area contributed by atoms with Crippen molar-refractivity contribution in [3.05, 3.63) is 48.0 Å². The van der Waals surface area contributed by atoms with Gasteiger partial charge in [-0.25, -0.2) is 0 Å². The fourth-order valence-corrected chi connectivity index (χ4v) is 2.28. The van der Waals surface area contributed by atoms with Gasteiger partial charge in [0, 0.05) is 18.6 Å². The number of benzene rings is 1. The molecular formula is C14H19NO. The fourth-order valence-electron chi connectivity index (χ4n) is 2.28. The van der Waals surface area contributed by atoms with Crippen molar-refractivity contribution in [3.63, 3.8) is 0 Å². The summed E-state index contributed by atoms with van der Waals surface area (Å²) in [5.74, 6) is 0. The molecule has 2 nitrogen and oxygen atoms in total. The third-order valence-electron chi connectivity index (χ3n) is 3.45. The maximum absolute atomic E-state index is 9.82. The lowest BCUT2D eigenvalue weighted by Crippen LogP contribution is -2.44. The molecule has 0 saturated heterocycles. The van der Waals surface area contributed by atoms with E-state index in [-0.39, 0.29) is 12.1 Å². The van der Waals surface area contributed by atoms with Crippen LogP contribution in [0, 0.1) is 0 Å². The average Bonchev–Trinajstić information content (AvgIpc) is 2.33. The monoisotopic (exact) mass is 217 g/mol. The predicted molar refractivity (Wildman–Crippen MR) is 66.2 cm³/mol. The Hall–Kier alpha value is -1.12. The third-order valence-corrected chi connectivity index (χ3v) is 3.45. The van der Waals surface area contributed by atoms with Crippen LogP contribution in [0.5, 0.6) is 0 Å². The molecule has 1 heterocycles. The molecule has 1 aromatic carbocycles. The highest BCUT2D eigenvalue weighted by molar-refractivity contribution is 5.19. The molecule has 2 rings (SSSR count). The van der Waals surface area contributed by atoms with Crippen molar-refractivity contribution in [3.8, 4) is 0 Å². The zero-order chi connectivity index (χ0) is 11.5. The van der Waals surface area contributed by atoms with E-state index >= 15 is 0 Å². The summed E-state index contributed by atoms with van der Waals surface area (Å²) in [6, 6.07) is 11.0. The van der Waals surface area contributed by atoms with E-state index in [1.165, 1.54) is 5.56 Å². The van der Waals surface area contributed by atoms with Crippen LogP contribution in [0.25, 0.3) is 0 Å². The molecular weight excluding hydrogens is 198 g/mol. The lowest BCUT2D eigenvalue weighted by Gasteiger charge is -2.38. The molecule has 1 N–H and O–H groups in total. The van der Waals surface area contributed by atoms with Gasteiger partial charge in [0.1, 0.15) is 0 Å². The molecule has 86 valence electrons. The largest absolute Gasteiger partial charge is 0.387 e. The minimum Gasteiger partial charge on any atom is -0.387 e. The Morgan fingerprint density at radius 3 is 2.69 bits per heavy atom. The van der Waals surface area contributed by atoms with Crippen molar-refractivity contribution in [2.75, 3.05) is 6.54 Å². The summed E-state index contributed by atoms with van der Waals surface area (Å²) in [7, 11) is 0. The Labute approximate surface area is 97.2 Å². The minimum absolute atomic E-state index is 0.181. The molecule has 1 aromatic rings. The number of hydrogen-bond donors (Lipinski definition) is 1. The van der Waals surface area contributed by atoms with Gasteiger partial charge in [-0.05, 0) is 19.4 Å². The van der Waals surface area contributed by atoms with E-state index < -0.39 is 0 Å². The zero-order valence-corrected chi connectivity index (χ0v) is 9.88. The molecule has 16 heavy (non-hydrogen) atoms. The van der Waals surface area contributed by atoms with Crippen LogP contribution in [0.1, 0.15) is 25.5 Å². The smallest absolute Gasteiger partial charge is 0.0874 e. The number of aliphatic hydroxyl groups is 1. The average molecular weight is 217 g/mol. The molecule has 2 heteroatoms. The van der Waals surface area contributed by atoms with Crippen LogP contribution in [0.4, 0.5) is 0 Å². The van der Waals surface area contributed by atoms with E-state index in [2.05, 4.69) is 43.0 Å². The second-order valence-electron chi connectivity index (χ2n) is 4.44. The molecule has 0 bridgehead atoms. The van der Waals surface area contributed by atoms with Gasteiger partial charge in [-0.2, -0.15) is 0 Å². The Morgan fingerprint density at radius 2 is 2.00 bits per heavy atom. The number of rotatable bonds is 2. The van der Waals surface area contributed by atoms with Gasteiger partial charge in [-0.1, -0.05) is 42.5 Å². The molecule has 1 aliphatic heterocycles.